The number of aromatic nitrogens is 1. The number of aldehydes is 1. The number of nitrogens with two attached hydrogens (primary N) is 1. The monoisotopic (exact) mass is 218 g/mol. The summed E-state index contributed by atoms with van der Waals surface area (Å²) in [5, 5.41) is 9.50. The van der Waals surface area contributed by atoms with Gasteiger partial charge in [0.05, 0.1) is 5.52 Å². The fourth-order valence-corrected chi connectivity index (χ4v) is 1.69. The lowest BCUT2D eigenvalue weighted by atomic mass is 10.0. The van der Waals surface area contributed by atoms with Crippen LogP contribution in [0.5, 0.6) is 0 Å². The smallest absolute Gasteiger partial charge is 0.325 e. The van der Waals surface area contributed by atoms with E-state index in [2.05, 4.69) is 4.98 Å². The third-order valence-corrected chi connectivity index (χ3v) is 2.51. The summed E-state index contributed by atoms with van der Waals surface area (Å²) in [5.74, 6) is -1.10. The summed E-state index contributed by atoms with van der Waals surface area (Å²) >= 11 is 0. The van der Waals surface area contributed by atoms with Gasteiger partial charge in [-0.15, -0.1) is 0 Å². The Labute approximate surface area is 90.9 Å². The number of carbonyl (C=O) groups excluding carboxylic acids is 1. The zero-order valence-electron chi connectivity index (χ0n) is 8.31. The van der Waals surface area contributed by atoms with Gasteiger partial charge in [-0.3, -0.25) is 9.59 Å². The van der Waals surface area contributed by atoms with E-state index in [1.165, 1.54) is 6.20 Å². The molecule has 0 saturated carbocycles. The third kappa shape index (κ3) is 1.47. The molecule has 1 unspecified atom stereocenters. The maximum atomic E-state index is 10.8. The Kier molecular flexibility index (Phi) is 2.46. The van der Waals surface area contributed by atoms with Gasteiger partial charge in [-0.25, -0.2) is 0 Å². The molecule has 5 heteroatoms. The van der Waals surface area contributed by atoms with Gasteiger partial charge < -0.3 is 15.8 Å². The second-order valence-electron chi connectivity index (χ2n) is 3.45. The molecule has 0 aliphatic carbocycles. The molecule has 1 heterocycles. The average molecular weight is 218 g/mol. The lowest BCUT2D eigenvalue weighted by Gasteiger charge is -2.04. The van der Waals surface area contributed by atoms with Crippen molar-refractivity contribution >= 4 is 23.2 Å². The predicted molar refractivity (Wildman–Crippen MR) is 58.3 cm³/mol. The summed E-state index contributed by atoms with van der Waals surface area (Å²) < 4.78 is 0. The molecular weight excluding hydrogens is 208 g/mol. The van der Waals surface area contributed by atoms with Gasteiger partial charge in [-0.1, -0.05) is 12.1 Å². The maximum absolute atomic E-state index is 10.8. The van der Waals surface area contributed by atoms with Crippen molar-refractivity contribution < 1.29 is 14.7 Å². The Balaban J connectivity index is 2.66. The van der Waals surface area contributed by atoms with Crippen LogP contribution in [0.3, 0.4) is 0 Å². The Bertz CT molecular complexity index is 559. The number of benzene rings is 1. The molecule has 0 radical (unpaired) electrons. The Morgan fingerprint density at radius 1 is 1.50 bits per heavy atom. The number of carbonyl (C=O) groups is 2. The Hall–Kier alpha value is -2.14. The van der Waals surface area contributed by atoms with E-state index in [4.69, 9.17) is 10.8 Å². The molecule has 0 spiro atoms. The van der Waals surface area contributed by atoms with Gasteiger partial charge in [-0.2, -0.15) is 0 Å². The number of carboxylic acid groups (broad SMARTS) is 1. The molecular formula is C11H10N2O3. The first-order valence-electron chi connectivity index (χ1n) is 4.68. The molecule has 1 atom stereocenters. The van der Waals surface area contributed by atoms with E-state index in [-0.39, 0.29) is 0 Å². The molecule has 0 fully saturated rings. The minimum absolute atomic E-state index is 0.478. The van der Waals surface area contributed by atoms with Crippen LogP contribution in [0, 0.1) is 0 Å². The van der Waals surface area contributed by atoms with Crippen molar-refractivity contribution in [3.8, 4) is 0 Å². The van der Waals surface area contributed by atoms with Crippen LogP contribution in [-0.4, -0.2) is 22.3 Å². The van der Waals surface area contributed by atoms with E-state index in [0.717, 1.165) is 6.29 Å². The van der Waals surface area contributed by atoms with E-state index < -0.39 is 12.0 Å². The quantitative estimate of drug-likeness (QED) is 0.671. The van der Waals surface area contributed by atoms with Crippen LogP contribution < -0.4 is 5.73 Å². The van der Waals surface area contributed by atoms with Gasteiger partial charge in [0, 0.05) is 22.7 Å². The first-order valence-corrected chi connectivity index (χ1v) is 4.68. The number of aromatic amines is 1. The lowest BCUT2D eigenvalue weighted by Crippen LogP contribution is -2.20. The molecule has 2 rings (SSSR count). The van der Waals surface area contributed by atoms with E-state index in [0.29, 0.717) is 22.0 Å². The SMILES string of the molecule is NC(C(=O)O)c1c[nH]c2c(C=O)cccc12. The normalized spacial score (nSPS) is 12.6. The second kappa shape index (κ2) is 3.79. The number of H-pyrrole nitrogens is 1. The van der Waals surface area contributed by atoms with Crippen molar-refractivity contribution in [3.63, 3.8) is 0 Å². The Morgan fingerprint density at radius 2 is 2.25 bits per heavy atom. The number of fused-ring (bicyclic) bond motifs is 1. The minimum Gasteiger partial charge on any atom is -0.480 e. The lowest BCUT2D eigenvalue weighted by molar-refractivity contribution is -0.138. The molecule has 1 aromatic heterocycles. The summed E-state index contributed by atoms with van der Waals surface area (Å²) in [6.07, 6.45) is 2.24. The number of carboxylic acids is 1. The van der Waals surface area contributed by atoms with Crippen LogP contribution in [-0.2, 0) is 4.79 Å². The largest absolute Gasteiger partial charge is 0.480 e. The first kappa shape index (κ1) is 10.4. The van der Waals surface area contributed by atoms with Crippen molar-refractivity contribution in [1.29, 1.82) is 0 Å². The highest BCUT2D eigenvalue weighted by Gasteiger charge is 2.18. The summed E-state index contributed by atoms with van der Waals surface area (Å²) in [7, 11) is 0. The van der Waals surface area contributed by atoms with E-state index in [1.54, 1.807) is 18.2 Å². The van der Waals surface area contributed by atoms with Gasteiger partial charge in [0.15, 0.2) is 6.29 Å². The van der Waals surface area contributed by atoms with Crippen molar-refractivity contribution in [2.24, 2.45) is 5.73 Å². The molecule has 4 N–H and O–H groups in total. The van der Waals surface area contributed by atoms with E-state index in [9.17, 15) is 9.59 Å². The van der Waals surface area contributed by atoms with Crippen LogP contribution in [0.4, 0.5) is 0 Å². The number of para-hydroxylation sites is 1. The summed E-state index contributed by atoms with van der Waals surface area (Å²) in [6.45, 7) is 0. The van der Waals surface area contributed by atoms with Crippen LogP contribution in [0.25, 0.3) is 10.9 Å². The molecule has 0 bridgehead atoms. The molecule has 0 aliphatic heterocycles. The average Bonchev–Trinajstić information content (AvgIpc) is 2.71. The zero-order chi connectivity index (χ0) is 11.7. The van der Waals surface area contributed by atoms with Gasteiger partial charge in [0.2, 0.25) is 0 Å². The molecule has 82 valence electrons. The predicted octanol–water partition coefficient (Wildman–Crippen LogP) is 1.06. The zero-order valence-corrected chi connectivity index (χ0v) is 8.31. The van der Waals surface area contributed by atoms with Crippen LogP contribution in [0.15, 0.2) is 24.4 Å². The highest BCUT2D eigenvalue weighted by molar-refractivity contribution is 5.99. The molecule has 0 saturated heterocycles. The number of aliphatic carboxylic acids is 1. The number of hydrogen-bond donors (Lipinski definition) is 3. The van der Waals surface area contributed by atoms with Crippen molar-refractivity contribution in [2.75, 3.05) is 0 Å². The van der Waals surface area contributed by atoms with Crippen LogP contribution in [0.2, 0.25) is 0 Å². The third-order valence-electron chi connectivity index (χ3n) is 2.51. The van der Waals surface area contributed by atoms with Crippen molar-refractivity contribution in [2.45, 2.75) is 6.04 Å². The van der Waals surface area contributed by atoms with Gasteiger partial charge >= 0.3 is 5.97 Å². The fraction of sp³-hybridized carbons (Fsp3) is 0.0909. The molecule has 2 aromatic rings. The molecule has 16 heavy (non-hydrogen) atoms. The summed E-state index contributed by atoms with van der Waals surface area (Å²) in [6, 6.07) is 3.99. The first-order chi connectivity index (χ1) is 7.65. The summed E-state index contributed by atoms with van der Waals surface area (Å²) in [4.78, 5) is 24.4. The fourth-order valence-electron chi connectivity index (χ4n) is 1.69. The second-order valence-corrected chi connectivity index (χ2v) is 3.45. The van der Waals surface area contributed by atoms with E-state index >= 15 is 0 Å². The number of rotatable bonds is 3. The molecule has 0 amide bonds. The van der Waals surface area contributed by atoms with Gasteiger partial charge in [0.25, 0.3) is 0 Å². The van der Waals surface area contributed by atoms with Crippen LogP contribution >= 0.6 is 0 Å². The van der Waals surface area contributed by atoms with Gasteiger partial charge in [0.1, 0.15) is 6.04 Å². The Morgan fingerprint density at radius 3 is 2.88 bits per heavy atom. The number of hydrogen-bond acceptors (Lipinski definition) is 3. The maximum Gasteiger partial charge on any atom is 0.325 e. The molecule has 1 aromatic carbocycles. The molecule has 0 aliphatic rings. The van der Waals surface area contributed by atoms with Crippen molar-refractivity contribution in [1.82, 2.24) is 4.98 Å². The highest BCUT2D eigenvalue weighted by Crippen LogP contribution is 2.24. The topological polar surface area (TPSA) is 96.2 Å². The highest BCUT2D eigenvalue weighted by atomic mass is 16.4. The molecule has 5 nitrogen and oxygen atoms in total. The van der Waals surface area contributed by atoms with Crippen LogP contribution in [0.1, 0.15) is 22.0 Å². The van der Waals surface area contributed by atoms with Crippen molar-refractivity contribution in [3.05, 3.63) is 35.5 Å². The number of nitrogens with one attached hydrogen (secondary N) is 1. The minimum atomic E-state index is -1.10. The van der Waals surface area contributed by atoms with Gasteiger partial charge in [-0.05, 0) is 6.07 Å². The van der Waals surface area contributed by atoms with E-state index in [1.807, 2.05) is 0 Å². The summed E-state index contributed by atoms with van der Waals surface area (Å²) in [5.41, 5.74) is 7.11. The standard InChI is InChI=1S/C11H10N2O3/c12-9(11(15)16)8-4-13-10-6(5-14)2-1-3-7(8)10/h1-5,9,13H,12H2,(H,15,16).